The van der Waals surface area contributed by atoms with Gasteiger partial charge in [-0.3, -0.25) is 0 Å². The molecular weight excluding hydrogens is 246 g/mol. The van der Waals surface area contributed by atoms with Gasteiger partial charge in [0.1, 0.15) is 0 Å². The number of carboxylic acid groups (broad SMARTS) is 1. The Kier molecular flexibility index (Phi) is 3.56. The third-order valence-electron chi connectivity index (χ3n) is 2.39. The van der Waals surface area contributed by atoms with Crippen molar-refractivity contribution in [1.82, 2.24) is 0 Å². The monoisotopic (exact) mass is 255 g/mol. The van der Waals surface area contributed by atoms with Crippen molar-refractivity contribution < 1.29 is 9.90 Å². The second-order valence-electron chi connectivity index (χ2n) is 3.57. The van der Waals surface area contributed by atoms with Crippen molar-refractivity contribution in [2.24, 2.45) is 0 Å². The summed E-state index contributed by atoms with van der Waals surface area (Å²) in [7, 11) is 0. The Morgan fingerprint density at radius 3 is 2.50 bits per heavy atom. The Bertz CT molecular complexity index is 619. The number of carboxylic acids is 1. The molecule has 2 rings (SSSR count). The number of nitrogens with zero attached hydrogens (tertiary/aromatic N) is 1. The van der Waals surface area contributed by atoms with Crippen LogP contribution in [0.15, 0.2) is 41.8 Å². The van der Waals surface area contributed by atoms with Crippen LogP contribution in [0.4, 0.5) is 0 Å². The zero-order chi connectivity index (χ0) is 13.0. The minimum Gasteiger partial charge on any atom is -0.478 e. The quantitative estimate of drug-likeness (QED) is 0.856. The van der Waals surface area contributed by atoms with Gasteiger partial charge in [-0.2, -0.15) is 5.26 Å². The molecule has 18 heavy (non-hydrogen) atoms. The van der Waals surface area contributed by atoms with Gasteiger partial charge in [-0.15, -0.1) is 11.3 Å². The first-order valence-electron chi connectivity index (χ1n) is 5.20. The van der Waals surface area contributed by atoms with Gasteiger partial charge in [0.05, 0.1) is 17.2 Å². The molecule has 0 aliphatic heterocycles. The van der Waals surface area contributed by atoms with Crippen LogP contribution in [0.1, 0.15) is 16.0 Å². The van der Waals surface area contributed by atoms with E-state index in [-0.39, 0.29) is 5.57 Å². The van der Waals surface area contributed by atoms with Crippen molar-refractivity contribution >= 4 is 29.0 Å². The Morgan fingerprint density at radius 2 is 2.00 bits per heavy atom. The number of hydrogen-bond donors (Lipinski definition) is 1. The molecule has 2 aromatic rings. The van der Waals surface area contributed by atoms with Crippen LogP contribution in [0.25, 0.3) is 11.6 Å². The minimum atomic E-state index is -0.979. The zero-order valence-corrected chi connectivity index (χ0v) is 10.1. The van der Waals surface area contributed by atoms with Crippen LogP contribution < -0.4 is 0 Å². The maximum absolute atomic E-state index is 11.3. The van der Waals surface area contributed by atoms with E-state index in [1.807, 2.05) is 23.6 Å². The smallest absolute Gasteiger partial charge is 0.336 e. The first kappa shape index (κ1) is 12.1. The van der Waals surface area contributed by atoms with Crippen molar-refractivity contribution in [3.05, 3.63) is 57.8 Å². The lowest BCUT2D eigenvalue weighted by molar-refractivity contribution is -0.130. The molecule has 0 fully saturated rings. The SMILES string of the molecule is N#Cc1ccc(C(=Cc2cccs2)C(=O)O)cc1. The lowest BCUT2D eigenvalue weighted by Gasteiger charge is -2.02. The maximum atomic E-state index is 11.3. The number of hydrogen-bond acceptors (Lipinski definition) is 3. The van der Waals surface area contributed by atoms with Gasteiger partial charge in [0.15, 0.2) is 0 Å². The predicted molar refractivity (Wildman–Crippen MR) is 71.0 cm³/mol. The van der Waals surface area contributed by atoms with E-state index < -0.39 is 5.97 Å². The summed E-state index contributed by atoms with van der Waals surface area (Å²) in [6, 6.07) is 12.2. The number of aliphatic carboxylic acids is 1. The molecule has 0 aliphatic rings. The van der Waals surface area contributed by atoms with Crippen molar-refractivity contribution in [2.45, 2.75) is 0 Å². The van der Waals surface area contributed by atoms with Crippen LogP contribution >= 0.6 is 11.3 Å². The number of benzene rings is 1. The molecule has 0 saturated carbocycles. The highest BCUT2D eigenvalue weighted by Gasteiger charge is 2.10. The molecule has 0 atom stereocenters. The van der Waals surface area contributed by atoms with E-state index in [1.54, 1.807) is 30.3 Å². The molecule has 0 unspecified atom stereocenters. The summed E-state index contributed by atoms with van der Waals surface area (Å²) >= 11 is 1.48. The van der Waals surface area contributed by atoms with Crippen molar-refractivity contribution in [1.29, 1.82) is 5.26 Å². The van der Waals surface area contributed by atoms with Gasteiger partial charge < -0.3 is 5.11 Å². The fourth-order valence-corrected chi connectivity index (χ4v) is 2.17. The zero-order valence-electron chi connectivity index (χ0n) is 9.33. The summed E-state index contributed by atoms with van der Waals surface area (Å²) in [5.41, 5.74) is 1.33. The van der Waals surface area contributed by atoms with E-state index in [4.69, 9.17) is 5.26 Å². The Labute approximate surface area is 108 Å². The second kappa shape index (κ2) is 5.30. The first-order chi connectivity index (χ1) is 8.70. The molecule has 0 spiro atoms. The third-order valence-corrected chi connectivity index (χ3v) is 3.20. The van der Waals surface area contributed by atoms with E-state index in [2.05, 4.69) is 0 Å². The molecule has 4 heteroatoms. The molecule has 1 N–H and O–H groups in total. The van der Waals surface area contributed by atoms with E-state index >= 15 is 0 Å². The molecule has 0 radical (unpaired) electrons. The Morgan fingerprint density at radius 1 is 1.28 bits per heavy atom. The summed E-state index contributed by atoms with van der Waals surface area (Å²) < 4.78 is 0. The predicted octanol–water partition coefficient (Wildman–Crippen LogP) is 3.24. The molecule has 0 aliphatic carbocycles. The largest absolute Gasteiger partial charge is 0.478 e. The summed E-state index contributed by atoms with van der Waals surface area (Å²) in [4.78, 5) is 12.1. The lowest BCUT2D eigenvalue weighted by Crippen LogP contribution is -1.99. The number of rotatable bonds is 3. The van der Waals surface area contributed by atoms with Crippen LogP contribution in [-0.2, 0) is 4.79 Å². The van der Waals surface area contributed by atoms with E-state index in [1.165, 1.54) is 11.3 Å². The van der Waals surface area contributed by atoms with Gasteiger partial charge in [-0.05, 0) is 35.2 Å². The van der Waals surface area contributed by atoms with E-state index in [0.717, 1.165) is 4.88 Å². The molecule has 88 valence electrons. The molecule has 3 nitrogen and oxygen atoms in total. The summed E-state index contributed by atoms with van der Waals surface area (Å²) in [5, 5.41) is 19.8. The van der Waals surface area contributed by atoms with E-state index in [0.29, 0.717) is 11.1 Å². The van der Waals surface area contributed by atoms with Crippen LogP contribution in [-0.4, -0.2) is 11.1 Å². The number of carbonyl (C=O) groups is 1. The normalized spacial score (nSPS) is 10.9. The average molecular weight is 255 g/mol. The van der Waals surface area contributed by atoms with Gasteiger partial charge in [0.2, 0.25) is 0 Å². The third kappa shape index (κ3) is 2.65. The van der Waals surface area contributed by atoms with Gasteiger partial charge in [0.25, 0.3) is 0 Å². The van der Waals surface area contributed by atoms with Gasteiger partial charge >= 0.3 is 5.97 Å². The standard InChI is InChI=1S/C14H9NO2S/c15-9-10-3-5-11(6-4-10)13(14(16)17)8-12-2-1-7-18-12/h1-8H,(H,16,17). The summed E-state index contributed by atoms with van der Waals surface area (Å²) in [6.07, 6.45) is 1.63. The van der Waals surface area contributed by atoms with Crippen LogP contribution in [0.2, 0.25) is 0 Å². The van der Waals surface area contributed by atoms with Crippen LogP contribution in [0.3, 0.4) is 0 Å². The van der Waals surface area contributed by atoms with Gasteiger partial charge in [-0.1, -0.05) is 18.2 Å². The molecule has 1 aromatic heterocycles. The van der Waals surface area contributed by atoms with Crippen molar-refractivity contribution in [2.75, 3.05) is 0 Å². The Balaban J connectivity index is 2.42. The Hall–Kier alpha value is -2.38. The highest BCUT2D eigenvalue weighted by Crippen LogP contribution is 2.21. The summed E-state index contributed by atoms with van der Waals surface area (Å²) in [6.45, 7) is 0. The molecule has 0 saturated heterocycles. The number of thiophene rings is 1. The van der Waals surface area contributed by atoms with Crippen LogP contribution in [0, 0.1) is 11.3 Å². The lowest BCUT2D eigenvalue weighted by atomic mass is 10.0. The topological polar surface area (TPSA) is 61.1 Å². The van der Waals surface area contributed by atoms with Crippen molar-refractivity contribution in [3.63, 3.8) is 0 Å². The molecule has 1 aromatic carbocycles. The molecule has 0 amide bonds. The van der Waals surface area contributed by atoms with Crippen molar-refractivity contribution in [3.8, 4) is 6.07 Å². The highest BCUT2D eigenvalue weighted by atomic mass is 32.1. The van der Waals surface area contributed by atoms with Crippen LogP contribution in [0.5, 0.6) is 0 Å². The first-order valence-corrected chi connectivity index (χ1v) is 6.07. The summed E-state index contributed by atoms with van der Waals surface area (Å²) in [5.74, 6) is -0.979. The minimum absolute atomic E-state index is 0.224. The van der Waals surface area contributed by atoms with Gasteiger partial charge in [-0.25, -0.2) is 4.79 Å². The molecule has 1 heterocycles. The molecular formula is C14H9NO2S. The van der Waals surface area contributed by atoms with E-state index in [9.17, 15) is 9.90 Å². The molecule has 0 bridgehead atoms. The second-order valence-corrected chi connectivity index (χ2v) is 4.55. The number of nitriles is 1. The van der Waals surface area contributed by atoms with Gasteiger partial charge in [0, 0.05) is 4.88 Å². The maximum Gasteiger partial charge on any atom is 0.336 e. The fourth-order valence-electron chi connectivity index (χ4n) is 1.51. The average Bonchev–Trinajstić information content (AvgIpc) is 2.89. The fraction of sp³-hybridized carbons (Fsp3) is 0. The highest BCUT2D eigenvalue weighted by molar-refractivity contribution is 7.10.